The molecule has 7 heteroatoms. The minimum absolute atomic E-state index is 0.136. The van der Waals surface area contributed by atoms with Crippen LogP contribution in [0.15, 0.2) is 16.6 Å². The van der Waals surface area contributed by atoms with E-state index < -0.39 is 5.60 Å². The highest BCUT2D eigenvalue weighted by molar-refractivity contribution is 9.10. The standard InChI is InChI=1S/C17H24BrN3O3/c1-17(2,3)24-16(22)21-5-4-20-9-13-14(19)6-11(18)7-15(13)23-10-12(20)8-21/h6-7,12H,4-5,8-10,19H2,1-3H3. The molecule has 132 valence electrons. The minimum Gasteiger partial charge on any atom is -0.491 e. The van der Waals surface area contributed by atoms with Crippen LogP contribution in [-0.2, 0) is 11.3 Å². The summed E-state index contributed by atoms with van der Waals surface area (Å²) in [6.07, 6.45) is -0.258. The van der Waals surface area contributed by atoms with E-state index in [0.717, 1.165) is 34.6 Å². The number of nitrogens with two attached hydrogens (primary N) is 1. The number of benzene rings is 1. The van der Waals surface area contributed by atoms with Gasteiger partial charge < -0.3 is 20.1 Å². The Morgan fingerprint density at radius 2 is 2.12 bits per heavy atom. The maximum Gasteiger partial charge on any atom is 0.410 e. The molecule has 0 aromatic heterocycles. The van der Waals surface area contributed by atoms with Crippen molar-refractivity contribution in [2.24, 2.45) is 0 Å². The summed E-state index contributed by atoms with van der Waals surface area (Å²) in [6.45, 7) is 8.94. The van der Waals surface area contributed by atoms with Gasteiger partial charge in [-0.1, -0.05) is 15.9 Å². The monoisotopic (exact) mass is 397 g/mol. The van der Waals surface area contributed by atoms with Crippen molar-refractivity contribution in [2.45, 2.75) is 39.0 Å². The lowest BCUT2D eigenvalue weighted by Crippen LogP contribution is -2.56. The molecular weight excluding hydrogens is 374 g/mol. The molecule has 3 rings (SSSR count). The predicted octanol–water partition coefficient (Wildman–Crippen LogP) is 2.85. The highest BCUT2D eigenvalue weighted by atomic mass is 79.9. The van der Waals surface area contributed by atoms with E-state index in [0.29, 0.717) is 19.7 Å². The Balaban J connectivity index is 1.72. The summed E-state index contributed by atoms with van der Waals surface area (Å²) in [5.74, 6) is 0.820. The van der Waals surface area contributed by atoms with Gasteiger partial charge in [0.05, 0.1) is 6.04 Å². The average molecular weight is 398 g/mol. The summed E-state index contributed by atoms with van der Waals surface area (Å²) in [4.78, 5) is 16.4. The number of nitrogens with zero attached hydrogens (tertiary/aromatic N) is 2. The van der Waals surface area contributed by atoms with Crippen LogP contribution < -0.4 is 10.5 Å². The molecule has 0 bridgehead atoms. The van der Waals surface area contributed by atoms with Gasteiger partial charge in [-0.3, -0.25) is 4.90 Å². The molecule has 0 radical (unpaired) electrons. The number of amides is 1. The molecule has 1 atom stereocenters. The maximum absolute atomic E-state index is 12.3. The molecule has 1 unspecified atom stereocenters. The number of ether oxygens (including phenoxy) is 2. The van der Waals surface area contributed by atoms with Gasteiger partial charge >= 0.3 is 6.09 Å². The summed E-state index contributed by atoms with van der Waals surface area (Å²) in [7, 11) is 0. The Labute approximate surface area is 151 Å². The molecule has 1 saturated heterocycles. The number of carbonyl (C=O) groups excluding carboxylic acids is 1. The second-order valence-electron chi connectivity index (χ2n) is 7.33. The second kappa shape index (κ2) is 6.44. The zero-order valence-electron chi connectivity index (χ0n) is 14.3. The average Bonchev–Trinajstić information content (AvgIpc) is 2.64. The summed E-state index contributed by atoms with van der Waals surface area (Å²) >= 11 is 3.46. The number of hydrogen-bond acceptors (Lipinski definition) is 5. The van der Waals surface area contributed by atoms with E-state index in [1.54, 1.807) is 4.90 Å². The number of rotatable bonds is 0. The van der Waals surface area contributed by atoms with Gasteiger partial charge in [0.25, 0.3) is 0 Å². The van der Waals surface area contributed by atoms with Crippen molar-refractivity contribution >= 4 is 27.7 Å². The number of halogens is 1. The molecule has 1 amide bonds. The van der Waals surface area contributed by atoms with Gasteiger partial charge in [-0.2, -0.15) is 0 Å². The summed E-state index contributed by atoms with van der Waals surface area (Å²) in [5.41, 5.74) is 7.43. The fourth-order valence-corrected chi connectivity index (χ4v) is 3.52. The van der Waals surface area contributed by atoms with Crippen molar-refractivity contribution in [3.63, 3.8) is 0 Å². The van der Waals surface area contributed by atoms with Crippen LogP contribution in [0.5, 0.6) is 5.75 Å². The quantitative estimate of drug-likeness (QED) is 0.681. The van der Waals surface area contributed by atoms with Gasteiger partial charge in [-0.25, -0.2) is 4.79 Å². The van der Waals surface area contributed by atoms with Gasteiger partial charge in [0.15, 0.2) is 0 Å². The van der Waals surface area contributed by atoms with Crippen molar-refractivity contribution < 1.29 is 14.3 Å². The molecule has 24 heavy (non-hydrogen) atoms. The van der Waals surface area contributed by atoms with Crippen molar-refractivity contribution in [3.05, 3.63) is 22.2 Å². The molecule has 2 aliphatic rings. The van der Waals surface area contributed by atoms with E-state index >= 15 is 0 Å². The third-order valence-corrected chi connectivity index (χ3v) is 4.71. The number of hydrogen-bond donors (Lipinski definition) is 1. The summed E-state index contributed by atoms with van der Waals surface area (Å²) in [6, 6.07) is 3.99. The molecule has 1 fully saturated rings. The highest BCUT2D eigenvalue weighted by Crippen LogP contribution is 2.34. The Bertz CT molecular complexity index is 645. The van der Waals surface area contributed by atoms with E-state index in [4.69, 9.17) is 15.2 Å². The lowest BCUT2D eigenvalue weighted by atomic mass is 10.1. The van der Waals surface area contributed by atoms with Crippen LogP contribution in [0.4, 0.5) is 10.5 Å². The van der Waals surface area contributed by atoms with Gasteiger partial charge in [0, 0.05) is 41.9 Å². The third kappa shape index (κ3) is 3.78. The summed E-state index contributed by atoms with van der Waals surface area (Å²) < 4.78 is 12.4. The third-order valence-electron chi connectivity index (χ3n) is 4.26. The SMILES string of the molecule is CC(C)(C)OC(=O)N1CCN2Cc3c(N)cc(Br)cc3OCC2C1. The number of fused-ring (bicyclic) bond motifs is 2. The molecule has 0 spiro atoms. The largest absolute Gasteiger partial charge is 0.491 e. The van der Waals surface area contributed by atoms with Crippen molar-refractivity contribution in [3.8, 4) is 5.75 Å². The van der Waals surface area contributed by atoms with Gasteiger partial charge in [0.2, 0.25) is 0 Å². The van der Waals surface area contributed by atoms with Crippen molar-refractivity contribution in [1.82, 2.24) is 9.80 Å². The molecule has 0 saturated carbocycles. The molecule has 2 N–H and O–H groups in total. The van der Waals surface area contributed by atoms with Crippen LogP contribution in [0.3, 0.4) is 0 Å². The van der Waals surface area contributed by atoms with Crippen LogP contribution in [0, 0.1) is 0 Å². The van der Waals surface area contributed by atoms with Crippen LogP contribution in [-0.4, -0.2) is 53.8 Å². The normalized spacial score (nSPS) is 21.3. The van der Waals surface area contributed by atoms with Gasteiger partial charge in [0.1, 0.15) is 18.0 Å². The molecule has 0 aliphatic carbocycles. The first-order valence-electron chi connectivity index (χ1n) is 8.15. The number of carbonyl (C=O) groups is 1. The lowest BCUT2D eigenvalue weighted by Gasteiger charge is -2.40. The minimum atomic E-state index is -0.481. The molecule has 1 aromatic rings. The van der Waals surface area contributed by atoms with Crippen LogP contribution >= 0.6 is 15.9 Å². The van der Waals surface area contributed by atoms with E-state index in [2.05, 4.69) is 20.8 Å². The number of anilines is 1. The molecule has 1 aromatic carbocycles. The first-order valence-corrected chi connectivity index (χ1v) is 8.95. The zero-order valence-corrected chi connectivity index (χ0v) is 15.9. The Morgan fingerprint density at radius 3 is 2.83 bits per heavy atom. The Kier molecular flexibility index (Phi) is 4.66. The molecule has 6 nitrogen and oxygen atoms in total. The van der Waals surface area contributed by atoms with Crippen LogP contribution in [0.2, 0.25) is 0 Å². The van der Waals surface area contributed by atoms with E-state index in [1.807, 2.05) is 32.9 Å². The van der Waals surface area contributed by atoms with Gasteiger partial charge in [-0.15, -0.1) is 0 Å². The fraction of sp³-hybridized carbons (Fsp3) is 0.588. The molecule has 2 aliphatic heterocycles. The van der Waals surface area contributed by atoms with Crippen molar-refractivity contribution in [1.29, 1.82) is 0 Å². The zero-order chi connectivity index (χ0) is 17.5. The fourth-order valence-electron chi connectivity index (χ4n) is 3.07. The Morgan fingerprint density at radius 1 is 1.38 bits per heavy atom. The predicted molar refractivity (Wildman–Crippen MR) is 96.1 cm³/mol. The van der Waals surface area contributed by atoms with Crippen LogP contribution in [0.1, 0.15) is 26.3 Å². The molecular formula is C17H24BrN3O3. The number of nitrogen functional groups attached to an aromatic ring is 1. The van der Waals surface area contributed by atoms with Gasteiger partial charge in [-0.05, 0) is 32.9 Å². The smallest absolute Gasteiger partial charge is 0.410 e. The van der Waals surface area contributed by atoms with E-state index in [1.165, 1.54) is 0 Å². The summed E-state index contributed by atoms with van der Waals surface area (Å²) in [5, 5.41) is 0. The first kappa shape index (κ1) is 17.4. The Hall–Kier alpha value is -1.47. The van der Waals surface area contributed by atoms with Crippen LogP contribution in [0.25, 0.3) is 0 Å². The highest BCUT2D eigenvalue weighted by Gasteiger charge is 2.34. The molecule has 2 heterocycles. The number of piperazine rings is 1. The first-order chi connectivity index (χ1) is 11.2. The maximum atomic E-state index is 12.3. The lowest BCUT2D eigenvalue weighted by molar-refractivity contribution is -0.00152. The van der Waals surface area contributed by atoms with E-state index in [-0.39, 0.29) is 12.1 Å². The van der Waals surface area contributed by atoms with E-state index in [9.17, 15) is 4.79 Å². The topological polar surface area (TPSA) is 68.0 Å². The van der Waals surface area contributed by atoms with Crippen molar-refractivity contribution in [2.75, 3.05) is 32.0 Å². The second-order valence-corrected chi connectivity index (χ2v) is 8.25.